The summed E-state index contributed by atoms with van der Waals surface area (Å²) in [5, 5.41) is 0. The van der Waals surface area contributed by atoms with Crippen LogP contribution in [0.4, 0.5) is 0 Å². The second-order valence-electron chi connectivity index (χ2n) is 4.31. The number of halogens is 2. The van der Waals surface area contributed by atoms with Gasteiger partial charge >= 0.3 is 0 Å². The van der Waals surface area contributed by atoms with Gasteiger partial charge in [-0.15, -0.1) is 24.8 Å². The molecule has 1 saturated carbocycles. The Morgan fingerprint density at radius 1 is 1.13 bits per heavy atom. The number of rotatable bonds is 1. The first-order chi connectivity index (χ1) is 6.27. The highest BCUT2D eigenvalue weighted by atomic mass is 35.5. The van der Waals surface area contributed by atoms with E-state index < -0.39 is 0 Å². The van der Waals surface area contributed by atoms with Crippen molar-refractivity contribution in [2.75, 3.05) is 13.1 Å². The third-order valence-electron chi connectivity index (χ3n) is 3.22. The van der Waals surface area contributed by atoms with Gasteiger partial charge in [-0.3, -0.25) is 4.79 Å². The molecule has 0 aromatic carbocycles. The van der Waals surface area contributed by atoms with Gasteiger partial charge in [-0.1, -0.05) is 6.42 Å². The molecule has 2 aliphatic rings. The summed E-state index contributed by atoms with van der Waals surface area (Å²) < 4.78 is 0. The average Bonchev–Trinajstić information content (AvgIpc) is 2.01. The van der Waals surface area contributed by atoms with Gasteiger partial charge < -0.3 is 10.6 Å². The molecule has 1 heterocycles. The van der Waals surface area contributed by atoms with Gasteiger partial charge in [0.1, 0.15) is 0 Å². The number of carbonyl (C=O) groups excluding carboxylic acids is 1. The number of hydrogen-bond donors (Lipinski definition) is 1. The number of hydrogen-bond acceptors (Lipinski definition) is 2. The summed E-state index contributed by atoms with van der Waals surface area (Å²) in [5.74, 6) is 0.701. The number of piperidine rings is 1. The minimum Gasteiger partial charge on any atom is -0.341 e. The first kappa shape index (κ1) is 15.0. The van der Waals surface area contributed by atoms with E-state index in [1.165, 1.54) is 6.42 Å². The largest absolute Gasteiger partial charge is 0.341 e. The van der Waals surface area contributed by atoms with Crippen LogP contribution in [-0.4, -0.2) is 29.9 Å². The predicted molar refractivity (Wildman–Crippen MR) is 65.6 cm³/mol. The molecule has 0 radical (unpaired) electrons. The van der Waals surface area contributed by atoms with Gasteiger partial charge in [0, 0.05) is 25.0 Å². The van der Waals surface area contributed by atoms with E-state index in [4.69, 9.17) is 5.73 Å². The van der Waals surface area contributed by atoms with Gasteiger partial charge in [0.25, 0.3) is 0 Å². The van der Waals surface area contributed by atoms with Crippen LogP contribution in [0.5, 0.6) is 0 Å². The lowest BCUT2D eigenvalue weighted by atomic mass is 9.84. The number of carbonyl (C=O) groups is 1. The summed E-state index contributed by atoms with van der Waals surface area (Å²) in [6.45, 7) is 1.72. The first-order valence-corrected chi connectivity index (χ1v) is 5.32. The van der Waals surface area contributed by atoms with Crippen LogP contribution in [-0.2, 0) is 4.79 Å². The molecule has 2 rings (SSSR count). The highest BCUT2D eigenvalue weighted by Gasteiger charge is 2.31. The van der Waals surface area contributed by atoms with Gasteiger partial charge in [-0.05, 0) is 25.7 Å². The molecule has 0 aromatic heterocycles. The average molecular weight is 255 g/mol. The molecule has 1 aliphatic heterocycles. The second-order valence-corrected chi connectivity index (χ2v) is 4.31. The van der Waals surface area contributed by atoms with Gasteiger partial charge in [0.2, 0.25) is 5.91 Å². The fourth-order valence-corrected chi connectivity index (χ4v) is 2.12. The summed E-state index contributed by atoms with van der Waals surface area (Å²) in [6.07, 6.45) is 5.60. The Balaban J connectivity index is 0.000000980. The van der Waals surface area contributed by atoms with E-state index in [-0.39, 0.29) is 30.9 Å². The van der Waals surface area contributed by atoms with Crippen molar-refractivity contribution >= 4 is 30.7 Å². The third-order valence-corrected chi connectivity index (χ3v) is 3.22. The molecule has 2 N–H and O–H groups in total. The fourth-order valence-electron chi connectivity index (χ4n) is 2.12. The number of amides is 1. The molecule has 15 heavy (non-hydrogen) atoms. The number of nitrogens with zero attached hydrogens (tertiary/aromatic N) is 1. The van der Waals surface area contributed by atoms with Crippen LogP contribution in [0.25, 0.3) is 0 Å². The molecule has 90 valence electrons. The van der Waals surface area contributed by atoms with Gasteiger partial charge in [-0.2, -0.15) is 0 Å². The smallest absolute Gasteiger partial charge is 0.225 e. The molecule has 3 nitrogen and oxygen atoms in total. The van der Waals surface area contributed by atoms with E-state index in [1.54, 1.807) is 0 Å². The zero-order valence-corrected chi connectivity index (χ0v) is 10.5. The highest BCUT2D eigenvalue weighted by molar-refractivity contribution is 5.85. The van der Waals surface area contributed by atoms with Crippen molar-refractivity contribution in [3.05, 3.63) is 0 Å². The van der Waals surface area contributed by atoms with Crippen molar-refractivity contribution in [1.82, 2.24) is 4.90 Å². The van der Waals surface area contributed by atoms with Crippen molar-refractivity contribution in [3.8, 4) is 0 Å². The lowest BCUT2D eigenvalue weighted by molar-refractivity contribution is -0.139. The molecule has 1 unspecified atom stereocenters. The summed E-state index contributed by atoms with van der Waals surface area (Å²) in [6, 6.07) is 0.220. The van der Waals surface area contributed by atoms with Crippen LogP contribution in [0.1, 0.15) is 32.1 Å². The van der Waals surface area contributed by atoms with Crippen molar-refractivity contribution in [2.45, 2.75) is 38.1 Å². The van der Waals surface area contributed by atoms with Crippen molar-refractivity contribution < 1.29 is 4.79 Å². The van der Waals surface area contributed by atoms with Crippen LogP contribution >= 0.6 is 24.8 Å². The van der Waals surface area contributed by atoms with Crippen LogP contribution in [0.2, 0.25) is 0 Å². The molecule has 1 atom stereocenters. The van der Waals surface area contributed by atoms with Gasteiger partial charge in [-0.25, -0.2) is 0 Å². The summed E-state index contributed by atoms with van der Waals surface area (Å²) in [4.78, 5) is 13.8. The van der Waals surface area contributed by atoms with E-state index in [1.807, 2.05) is 4.90 Å². The minimum atomic E-state index is 0. The van der Waals surface area contributed by atoms with E-state index in [0.29, 0.717) is 11.8 Å². The molecular formula is C10H20Cl2N2O. The Hall–Kier alpha value is 0.01000. The molecule has 0 aromatic rings. The SMILES string of the molecule is Cl.Cl.NC1CCCN(C(=O)C2CCC2)C1. The van der Waals surface area contributed by atoms with Crippen molar-refractivity contribution in [1.29, 1.82) is 0 Å². The van der Waals surface area contributed by atoms with Crippen LogP contribution in [0, 0.1) is 5.92 Å². The standard InChI is InChI=1S/C10H18N2O.2ClH/c11-9-5-2-6-12(7-9)10(13)8-3-1-4-8;;/h8-9H,1-7,11H2;2*1H. The summed E-state index contributed by atoms with van der Waals surface area (Å²) >= 11 is 0. The molecule has 1 saturated heterocycles. The maximum Gasteiger partial charge on any atom is 0.225 e. The monoisotopic (exact) mass is 254 g/mol. The van der Waals surface area contributed by atoms with Crippen molar-refractivity contribution in [2.24, 2.45) is 11.7 Å². The maximum absolute atomic E-state index is 11.8. The predicted octanol–water partition coefficient (Wildman–Crippen LogP) is 1.58. The van der Waals surface area contributed by atoms with E-state index in [9.17, 15) is 4.79 Å². The summed E-state index contributed by atoms with van der Waals surface area (Å²) in [5.41, 5.74) is 5.83. The zero-order valence-electron chi connectivity index (χ0n) is 8.85. The fraction of sp³-hybridized carbons (Fsp3) is 0.900. The van der Waals surface area contributed by atoms with E-state index >= 15 is 0 Å². The number of nitrogens with two attached hydrogens (primary N) is 1. The van der Waals surface area contributed by atoms with Crippen molar-refractivity contribution in [3.63, 3.8) is 0 Å². The van der Waals surface area contributed by atoms with Gasteiger partial charge in [0.05, 0.1) is 0 Å². The molecule has 2 fully saturated rings. The number of likely N-dealkylation sites (tertiary alicyclic amines) is 1. The Morgan fingerprint density at radius 3 is 2.27 bits per heavy atom. The normalized spacial score (nSPS) is 25.9. The third kappa shape index (κ3) is 3.51. The van der Waals surface area contributed by atoms with Gasteiger partial charge in [0.15, 0.2) is 0 Å². The summed E-state index contributed by atoms with van der Waals surface area (Å²) in [7, 11) is 0. The highest BCUT2D eigenvalue weighted by Crippen LogP contribution is 2.29. The van der Waals surface area contributed by atoms with E-state index in [0.717, 1.165) is 38.8 Å². The maximum atomic E-state index is 11.8. The molecule has 5 heteroatoms. The lowest BCUT2D eigenvalue weighted by Crippen LogP contribution is -2.48. The minimum absolute atomic E-state index is 0. The zero-order chi connectivity index (χ0) is 9.26. The molecular weight excluding hydrogens is 235 g/mol. The Labute approximate surface area is 104 Å². The quantitative estimate of drug-likeness (QED) is 0.773. The van der Waals surface area contributed by atoms with Crippen LogP contribution < -0.4 is 5.73 Å². The lowest BCUT2D eigenvalue weighted by Gasteiger charge is -2.36. The first-order valence-electron chi connectivity index (χ1n) is 5.32. The molecule has 1 aliphatic carbocycles. The Morgan fingerprint density at radius 2 is 1.80 bits per heavy atom. The topological polar surface area (TPSA) is 46.3 Å². The van der Waals surface area contributed by atoms with Crippen LogP contribution in [0.15, 0.2) is 0 Å². The Kier molecular flexibility index (Phi) is 6.57. The Bertz CT molecular complexity index is 210. The molecule has 0 bridgehead atoms. The van der Waals surface area contributed by atoms with E-state index in [2.05, 4.69) is 0 Å². The molecule has 0 spiro atoms. The van der Waals surface area contributed by atoms with Crippen LogP contribution in [0.3, 0.4) is 0 Å². The molecule has 1 amide bonds. The second kappa shape index (κ2) is 6.56.